The zero-order chi connectivity index (χ0) is 10.8. The predicted octanol–water partition coefficient (Wildman–Crippen LogP) is 2.61. The molecule has 0 saturated heterocycles. The van der Waals surface area contributed by atoms with Crippen LogP contribution in [0.4, 0.5) is 4.39 Å². The second-order valence-electron chi connectivity index (χ2n) is 3.37. The lowest BCUT2D eigenvalue weighted by Gasteiger charge is -2.02. The molecule has 0 radical (unpaired) electrons. The normalized spacial score (nSPS) is 10.5. The molecular weight excluding hydrogens is 195 g/mol. The highest BCUT2D eigenvalue weighted by atomic mass is 19.1. The van der Waals surface area contributed by atoms with E-state index in [-0.39, 0.29) is 12.2 Å². The summed E-state index contributed by atoms with van der Waals surface area (Å²) in [5.74, 6) is -1.23. The van der Waals surface area contributed by atoms with Crippen molar-refractivity contribution in [2.45, 2.75) is 6.42 Å². The molecule has 1 N–H and O–H groups in total. The molecule has 0 unspecified atom stereocenters. The van der Waals surface area contributed by atoms with Crippen LogP contribution < -0.4 is 0 Å². The van der Waals surface area contributed by atoms with Crippen LogP contribution in [0.25, 0.3) is 10.8 Å². The third-order valence-corrected chi connectivity index (χ3v) is 2.25. The summed E-state index contributed by atoms with van der Waals surface area (Å²) in [4.78, 5) is 10.5. The van der Waals surface area contributed by atoms with Crippen LogP contribution in [0.5, 0.6) is 0 Å². The summed E-state index contributed by atoms with van der Waals surface area (Å²) in [5, 5.41) is 9.86. The Morgan fingerprint density at radius 3 is 2.80 bits per heavy atom. The first-order valence-corrected chi connectivity index (χ1v) is 4.56. The van der Waals surface area contributed by atoms with Gasteiger partial charge in [0.05, 0.1) is 6.42 Å². The molecule has 0 aromatic heterocycles. The molecule has 15 heavy (non-hydrogen) atoms. The number of benzene rings is 2. The van der Waals surface area contributed by atoms with Crippen LogP contribution in [0, 0.1) is 5.82 Å². The summed E-state index contributed by atoms with van der Waals surface area (Å²) in [6, 6.07) is 9.82. The topological polar surface area (TPSA) is 37.3 Å². The maximum atomic E-state index is 13.4. The van der Waals surface area contributed by atoms with Gasteiger partial charge in [-0.05, 0) is 23.1 Å². The van der Waals surface area contributed by atoms with E-state index < -0.39 is 5.97 Å². The average molecular weight is 204 g/mol. The Labute approximate surface area is 86.0 Å². The molecule has 2 aromatic carbocycles. The van der Waals surface area contributed by atoms with E-state index in [1.54, 1.807) is 30.3 Å². The molecule has 0 aliphatic carbocycles. The van der Waals surface area contributed by atoms with E-state index in [4.69, 9.17) is 5.11 Å². The van der Waals surface area contributed by atoms with E-state index in [9.17, 15) is 9.18 Å². The van der Waals surface area contributed by atoms with Crippen LogP contribution >= 0.6 is 0 Å². The van der Waals surface area contributed by atoms with E-state index in [2.05, 4.69) is 0 Å². The second kappa shape index (κ2) is 3.69. The highest BCUT2D eigenvalue weighted by Crippen LogP contribution is 2.19. The molecule has 0 saturated carbocycles. The summed E-state index contributed by atoms with van der Waals surface area (Å²) in [5.41, 5.74) is 0.611. The Bertz CT molecular complexity index is 520. The zero-order valence-corrected chi connectivity index (χ0v) is 7.90. The van der Waals surface area contributed by atoms with Crippen molar-refractivity contribution in [1.82, 2.24) is 0 Å². The van der Waals surface area contributed by atoms with Gasteiger partial charge in [-0.1, -0.05) is 24.3 Å². The highest BCUT2D eigenvalue weighted by molar-refractivity contribution is 5.84. The molecule has 0 bridgehead atoms. The Balaban J connectivity index is 2.54. The lowest BCUT2D eigenvalue weighted by Crippen LogP contribution is -1.99. The lowest BCUT2D eigenvalue weighted by atomic mass is 10.0. The number of fused-ring (bicyclic) bond motifs is 1. The Morgan fingerprint density at radius 2 is 2.07 bits per heavy atom. The Kier molecular flexibility index (Phi) is 2.37. The van der Waals surface area contributed by atoms with Gasteiger partial charge < -0.3 is 5.11 Å². The molecule has 0 aliphatic heterocycles. The molecule has 0 fully saturated rings. The van der Waals surface area contributed by atoms with Gasteiger partial charge in [0.25, 0.3) is 0 Å². The summed E-state index contributed by atoms with van der Waals surface area (Å²) >= 11 is 0. The highest BCUT2D eigenvalue weighted by Gasteiger charge is 2.04. The fourth-order valence-corrected chi connectivity index (χ4v) is 1.57. The molecule has 2 nitrogen and oxygen atoms in total. The van der Waals surface area contributed by atoms with Gasteiger partial charge in [0.1, 0.15) is 5.82 Å². The average Bonchev–Trinajstić information content (AvgIpc) is 2.18. The number of halogens is 1. The van der Waals surface area contributed by atoms with Gasteiger partial charge in [0, 0.05) is 5.39 Å². The number of carboxylic acids is 1. The molecular formula is C12H9FO2. The van der Waals surface area contributed by atoms with E-state index in [0.717, 1.165) is 5.39 Å². The fourth-order valence-electron chi connectivity index (χ4n) is 1.57. The second-order valence-corrected chi connectivity index (χ2v) is 3.37. The van der Waals surface area contributed by atoms with Gasteiger partial charge in [-0.25, -0.2) is 4.39 Å². The first-order chi connectivity index (χ1) is 7.16. The fraction of sp³-hybridized carbons (Fsp3) is 0.0833. The molecule has 2 aromatic rings. The quantitative estimate of drug-likeness (QED) is 0.816. The number of carboxylic acid groups (broad SMARTS) is 1. The van der Waals surface area contributed by atoms with E-state index in [1.165, 1.54) is 6.07 Å². The number of hydrogen-bond acceptors (Lipinski definition) is 1. The minimum atomic E-state index is -0.911. The van der Waals surface area contributed by atoms with Crippen molar-refractivity contribution in [3.8, 4) is 0 Å². The Hall–Kier alpha value is -1.90. The van der Waals surface area contributed by atoms with Gasteiger partial charge in [0.2, 0.25) is 0 Å². The zero-order valence-electron chi connectivity index (χ0n) is 7.90. The van der Waals surface area contributed by atoms with Crippen molar-refractivity contribution in [2.75, 3.05) is 0 Å². The summed E-state index contributed by atoms with van der Waals surface area (Å²) in [6.07, 6.45) is -0.0791. The van der Waals surface area contributed by atoms with Crippen LogP contribution in [0.2, 0.25) is 0 Å². The van der Waals surface area contributed by atoms with Gasteiger partial charge in [0.15, 0.2) is 0 Å². The van der Waals surface area contributed by atoms with E-state index in [1.807, 2.05) is 0 Å². The molecule has 0 atom stereocenters. The van der Waals surface area contributed by atoms with Crippen LogP contribution in [-0.4, -0.2) is 11.1 Å². The van der Waals surface area contributed by atoms with Crippen LogP contribution in [0.15, 0.2) is 36.4 Å². The van der Waals surface area contributed by atoms with E-state index >= 15 is 0 Å². The summed E-state index contributed by atoms with van der Waals surface area (Å²) < 4.78 is 13.4. The molecule has 0 spiro atoms. The van der Waals surface area contributed by atoms with Crippen molar-refractivity contribution >= 4 is 16.7 Å². The predicted molar refractivity (Wildman–Crippen MR) is 55.2 cm³/mol. The van der Waals surface area contributed by atoms with Gasteiger partial charge in [-0.2, -0.15) is 0 Å². The van der Waals surface area contributed by atoms with Gasteiger partial charge in [-0.3, -0.25) is 4.79 Å². The molecule has 0 heterocycles. The maximum Gasteiger partial charge on any atom is 0.307 e. The third-order valence-electron chi connectivity index (χ3n) is 2.25. The van der Waals surface area contributed by atoms with Crippen molar-refractivity contribution in [1.29, 1.82) is 0 Å². The van der Waals surface area contributed by atoms with Crippen LogP contribution in [-0.2, 0) is 11.2 Å². The lowest BCUT2D eigenvalue weighted by molar-refractivity contribution is -0.136. The minimum Gasteiger partial charge on any atom is -0.481 e. The van der Waals surface area contributed by atoms with Crippen molar-refractivity contribution < 1.29 is 14.3 Å². The third kappa shape index (κ3) is 1.96. The monoisotopic (exact) mass is 204 g/mol. The largest absolute Gasteiger partial charge is 0.481 e. The first-order valence-electron chi connectivity index (χ1n) is 4.56. The molecule has 76 valence electrons. The molecule has 2 rings (SSSR count). The summed E-state index contributed by atoms with van der Waals surface area (Å²) in [6.45, 7) is 0. The molecule has 0 amide bonds. The van der Waals surface area contributed by atoms with E-state index in [0.29, 0.717) is 10.9 Å². The van der Waals surface area contributed by atoms with Crippen LogP contribution in [0.3, 0.4) is 0 Å². The number of hydrogen-bond donors (Lipinski definition) is 1. The smallest absolute Gasteiger partial charge is 0.307 e. The summed E-state index contributed by atoms with van der Waals surface area (Å²) in [7, 11) is 0. The van der Waals surface area contributed by atoms with Crippen molar-refractivity contribution in [3.63, 3.8) is 0 Å². The first kappa shape index (κ1) is 9.65. The van der Waals surface area contributed by atoms with Gasteiger partial charge in [-0.15, -0.1) is 0 Å². The van der Waals surface area contributed by atoms with Crippen molar-refractivity contribution in [3.05, 3.63) is 47.8 Å². The SMILES string of the molecule is O=C(O)Cc1ccc2cccc(F)c2c1. The molecule has 3 heteroatoms. The number of carbonyl (C=O) groups is 1. The van der Waals surface area contributed by atoms with Gasteiger partial charge >= 0.3 is 5.97 Å². The maximum absolute atomic E-state index is 13.4. The van der Waals surface area contributed by atoms with Crippen LogP contribution in [0.1, 0.15) is 5.56 Å². The van der Waals surface area contributed by atoms with Crippen molar-refractivity contribution in [2.24, 2.45) is 0 Å². The Morgan fingerprint density at radius 1 is 1.27 bits per heavy atom. The number of aliphatic carboxylic acids is 1. The standard InChI is InChI=1S/C12H9FO2/c13-11-3-1-2-9-5-4-8(6-10(9)11)7-12(14)15/h1-6H,7H2,(H,14,15). The number of rotatable bonds is 2. The molecule has 0 aliphatic rings. The minimum absolute atomic E-state index is 0.0791.